The molecule has 0 saturated carbocycles. The minimum absolute atomic E-state index is 0.428. The fourth-order valence-electron chi connectivity index (χ4n) is 1.76. The highest BCUT2D eigenvalue weighted by molar-refractivity contribution is 5.91. The highest BCUT2D eigenvalue weighted by atomic mass is 16.5. The Kier molecular flexibility index (Phi) is 8.08. The molecule has 0 heterocycles. The van der Waals surface area contributed by atoms with Gasteiger partial charge in [0, 0.05) is 6.42 Å². The lowest BCUT2D eigenvalue weighted by Gasteiger charge is -2.31. The highest BCUT2D eigenvalue weighted by Crippen LogP contribution is 2.12. The molecule has 0 fully saturated rings. The first-order valence-corrected chi connectivity index (χ1v) is 6.48. The molecule has 0 bridgehead atoms. The molecule has 0 aliphatic heterocycles. The third-order valence-electron chi connectivity index (χ3n) is 2.94. The van der Waals surface area contributed by atoms with Crippen molar-refractivity contribution in [3.63, 3.8) is 0 Å². The van der Waals surface area contributed by atoms with E-state index in [1.807, 2.05) is 0 Å². The Morgan fingerprint density at radius 1 is 1.22 bits per heavy atom. The van der Waals surface area contributed by atoms with Gasteiger partial charge in [-0.05, 0) is 13.3 Å². The van der Waals surface area contributed by atoms with Crippen LogP contribution in [0.4, 0.5) is 4.79 Å². The van der Waals surface area contributed by atoms with E-state index in [0.717, 1.165) is 7.11 Å². The number of esters is 1. The summed E-state index contributed by atoms with van der Waals surface area (Å²) in [5.74, 6) is -4.34. The van der Waals surface area contributed by atoms with Gasteiger partial charge >= 0.3 is 23.9 Å². The monoisotopic (exact) mass is 333 g/mol. The predicted molar refractivity (Wildman–Crippen MR) is 74.2 cm³/mol. The highest BCUT2D eigenvalue weighted by Gasteiger charge is 2.35. The van der Waals surface area contributed by atoms with Crippen LogP contribution in [-0.2, 0) is 23.9 Å². The summed E-state index contributed by atoms with van der Waals surface area (Å²) in [7, 11) is 1.11. The van der Waals surface area contributed by atoms with Crippen molar-refractivity contribution in [2.75, 3.05) is 13.7 Å². The molecule has 11 heteroatoms. The first kappa shape index (κ1) is 20.1. The molecule has 0 aromatic rings. The molecule has 2 atom stereocenters. The summed E-state index contributed by atoms with van der Waals surface area (Å²) >= 11 is 0. The summed E-state index contributed by atoms with van der Waals surface area (Å²) in [6.45, 7) is 0.729. The van der Waals surface area contributed by atoms with Crippen LogP contribution in [0.25, 0.3) is 0 Å². The number of nitrogens with zero attached hydrogens (tertiary/aromatic N) is 1. The van der Waals surface area contributed by atoms with E-state index < -0.39 is 61.3 Å². The number of nitrogens with one attached hydrogen (secondary N) is 1. The predicted octanol–water partition coefficient (Wildman–Crippen LogP) is -1.64. The van der Waals surface area contributed by atoms with Crippen LogP contribution in [0, 0.1) is 0 Å². The van der Waals surface area contributed by atoms with Crippen molar-refractivity contribution < 1.29 is 38.9 Å². The van der Waals surface area contributed by atoms with Crippen molar-refractivity contribution in [2.24, 2.45) is 5.73 Å². The number of methoxy groups -OCH3 is 1. The lowest BCUT2D eigenvalue weighted by atomic mass is 10.1. The molecule has 2 unspecified atom stereocenters. The van der Waals surface area contributed by atoms with Crippen LogP contribution < -0.4 is 11.1 Å². The Morgan fingerprint density at radius 2 is 1.78 bits per heavy atom. The minimum atomic E-state index is -1.59. The van der Waals surface area contributed by atoms with Gasteiger partial charge in [-0.3, -0.25) is 19.3 Å². The van der Waals surface area contributed by atoms with Gasteiger partial charge in [0.1, 0.15) is 18.6 Å². The van der Waals surface area contributed by atoms with Gasteiger partial charge in [-0.25, -0.2) is 9.59 Å². The number of nitrogens with two attached hydrogens (primary N) is 1. The van der Waals surface area contributed by atoms with E-state index >= 15 is 0 Å². The standard InChI is InChI=1S/C12H19N3O8/c1-6(10(19)14-5-9(18)23-2)15(12(13)22)7(11(20)21)3-4-8(16)17/h6-7H,3-5H2,1-2H3,(H2,13,22)(H,14,19)(H,16,17)(H,20,21). The van der Waals surface area contributed by atoms with Gasteiger partial charge in [0.15, 0.2) is 0 Å². The Labute approximate surface area is 131 Å². The van der Waals surface area contributed by atoms with Crippen molar-refractivity contribution in [1.29, 1.82) is 0 Å². The molecule has 0 rings (SSSR count). The maximum Gasteiger partial charge on any atom is 0.326 e. The van der Waals surface area contributed by atoms with Gasteiger partial charge in [-0.1, -0.05) is 0 Å². The van der Waals surface area contributed by atoms with Crippen molar-refractivity contribution in [2.45, 2.75) is 31.8 Å². The zero-order valence-electron chi connectivity index (χ0n) is 12.6. The first-order chi connectivity index (χ1) is 10.6. The molecule has 0 radical (unpaired) electrons. The molecule has 3 amide bonds. The van der Waals surface area contributed by atoms with E-state index in [2.05, 4.69) is 10.1 Å². The Balaban J connectivity index is 5.13. The number of carbonyl (C=O) groups is 5. The quantitative estimate of drug-likeness (QED) is 0.363. The zero-order valence-corrected chi connectivity index (χ0v) is 12.6. The number of urea groups is 1. The molecule has 130 valence electrons. The topological polar surface area (TPSA) is 176 Å². The molecule has 0 saturated heterocycles. The van der Waals surface area contributed by atoms with E-state index in [0.29, 0.717) is 4.90 Å². The molecule has 0 spiro atoms. The van der Waals surface area contributed by atoms with E-state index in [9.17, 15) is 24.0 Å². The summed E-state index contributed by atoms with van der Waals surface area (Å²) in [6, 6.07) is -4.13. The summed E-state index contributed by atoms with van der Waals surface area (Å²) in [6.07, 6.45) is -0.959. The van der Waals surface area contributed by atoms with E-state index in [1.54, 1.807) is 0 Å². The molecule has 23 heavy (non-hydrogen) atoms. The van der Waals surface area contributed by atoms with Crippen LogP contribution in [0.15, 0.2) is 0 Å². The SMILES string of the molecule is COC(=O)CNC(=O)C(C)N(C(N)=O)C(CCC(=O)O)C(=O)O. The van der Waals surface area contributed by atoms with Gasteiger partial charge in [0.05, 0.1) is 7.11 Å². The smallest absolute Gasteiger partial charge is 0.326 e. The molecule has 0 aliphatic carbocycles. The third-order valence-corrected chi connectivity index (χ3v) is 2.94. The van der Waals surface area contributed by atoms with Crippen LogP contribution in [-0.4, -0.2) is 70.7 Å². The Bertz CT molecular complexity index is 493. The second-order valence-electron chi connectivity index (χ2n) is 4.50. The number of carboxylic acids is 2. The maximum atomic E-state index is 11.9. The fourth-order valence-corrected chi connectivity index (χ4v) is 1.76. The largest absolute Gasteiger partial charge is 0.481 e. The molecular formula is C12H19N3O8. The number of aliphatic carboxylic acids is 2. The van der Waals surface area contributed by atoms with Crippen LogP contribution >= 0.6 is 0 Å². The van der Waals surface area contributed by atoms with Gasteiger partial charge in [-0.2, -0.15) is 0 Å². The van der Waals surface area contributed by atoms with Gasteiger partial charge in [0.25, 0.3) is 0 Å². The van der Waals surface area contributed by atoms with Crippen molar-refractivity contribution in [3.05, 3.63) is 0 Å². The lowest BCUT2D eigenvalue weighted by Crippen LogP contribution is -2.57. The molecular weight excluding hydrogens is 314 g/mol. The van der Waals surface area contributed by atoms with Crippen LogP contribution in [0.2, 0.25) is 0 Å². The number of carboxylic acid groups (broad SMARTS) is 2. The van der Waals surface area contributed by atoms with Gasteiger partial charge < -0.3 is 26.0 Å². The number of ether oxygens (including phenoxy) is 1. The molecule has 0 aromatic carbocycles. The minimum Gasteiger partial charge on any atom is -0.481 e. The van der Waals surface area contributed by atoms with Crippen molar-refractivity contribution in [3.8, 4) is 0 Å². The van der Waals surface area contributed by atoms with Crippen LogP contribution in [0.3, 0.4) is 0 Å². The van der Waals surface area contributed by atoms with E-state index in [4.69, 9.17) is 15.9 Å². The average Bonchev–Trinajstić information content (AvgIpc) is 2.46. The Hall–Kier alpha value is -2.85. The molecule has 11 nitrogen and oxygen atoms in total. The summed E-state index contributed by atoms with van der Waals surface area (Å²) < 4.78 is 4.32. The van der Waals surface area contributed by atoms with E-state index in [-0.39, 0.29) is 0 Å². The second kappa shape index (κ2) is 9.23. The number of carbonyl (C=O) groups excluding carboxylic acids is 3. The second-order valence-corrected chi connectivity index (χ2v) is 4.50. The van der Waals surface area contributed by atoms with Crippen LogP contribution in [0.5, 0.6) is 0 Å². The number of hydrogen-bond acceptors (Lipinski definition) is 6. The number of amides is 3. The average molecular weight is 333 g/mol. The van der Waals surface area contributed by atoms with Crippen LogP contribution in [0.1, 0.15) is 19.8 Å². The zero-order chi connectivity index (χ0) is 18.2. The first-order valence-electron chi connectivity index (χ1n) is 6.48. The van der Waals surface area contributed by atoms with E-state index in [1.165, 1.54) is 6.92 Å². The maximum absolute atomic E-state index is 11.9. The van der Waals surface area contributed by atoms with Gasteiger partial charge in [0.2, 0.25) is 5.91 Å². The van der Waals surface area contributed by atoms with Crippen molar-refractivity contribution >= 4 is 29.8 Å². The normalized spacial score (nSPS) is 12.6. The lowest BCUT2D eigenvalue weighted by molar-refractivity contribution is -0.146. The summed E-state index contributed by atoms with van der Waals surface area (Å²) in [4.78, 5) is 56.7. The van der Waals surface area contributed by atoms with Gasteiger partial charge in [-0.15, -0.1) is 0 Å². The number of primary amides is 1. The molecule has 0 aromatic heterocycles. The third kappa shape index (κ3) is 6.63. The fraction of sp³-hybridized carbons (Fsp3) is 0.583. The summed E-state index contributed by atoms with van der Waals surface area (Å²) in [5.41, 5.74) is 5.11. The van der Waals surface area contributed by atoms with Crippen molar-refractivity contribution in [1.82, 2.24) is 10.2 Å². The Morgan fingerprint density at radius 3 is 2.17 bits per heavy atom. The summed E-state index contributed by atoms with van der Waals surface area (Å²) in [5, 5.41) is 19.9. The molecule has 5 N–H and O–H groups in total. The molecule has 0 aliphatic rings. The number of hydrogen-bond donors (Lipinski definition) is 4. The number of rotatable bonds is 9.